The Morgan fingerprint density at radius 3 is 2.71 bits per heavy atom. The van der Waals surface area contributed by atoms with Crippen molar-refractivity contribution >= 4 is 5.91 Å². The molecule has 0 radical (unpaired) electrons. The standard InChI is InChI=1S/C30H49FN2O2/c1-23-14-15-29(31)28(18-23)27(13-7-8-17-35-3)26-12-9-16-33(22-26)30(34)20-25(21-32-2)19-24-10-5-4-6-11-24/h14-15,18,24-27,32H,4-13,16-17,19-22H2,1-3H3/t25-,26-,27-/m1/s1. The van der Waals surface area contributed by atoms with Crippen molar-refractivity contribution in [3.63, 3.8) is 0 Å². The number of methoxy groups -OCH3 is 1. The van der Waals surface area contributed by atoms with Crippen LogP contribution in [-0.2, 0) is 9.53 Å². The number of ether oxygens (including phenoxy) is 1. The van der Waals surface area contributed by atoms with E-state index in [9.17, 15) is 9.18 Å². The second-order valence-corrected chi connectivity index (χ2v) is 11.2. The number of nitrogens with zero attached hydrogens (tertiary/aromatic N) is 1. The minimum Gasteiger partial charge on any atom is -0.385 e. The lowest BCUT2D eigenvalue weighted by Gasteiger charge is -2.38. The van der Waals surface area contributed by atoms with Crippen LogP contribution < -0.4 is 5.32 Å². The van der Waals surface area contributed by atoms with Crippen molar-refractivity contribution in [2.75, 3.05) is 40.4 Å². The molecule has 1 N–H and O–H groups in total. The average Bonchev–Trinajstić information content (AvgIpc) is 2.86. The largest absolute Gasteiger partial charge is 0.385 e. The van der Waals surface area contributed by atoms with Crippen molar-refractivity contribution in [1.82, 2.24) is 10.2 Å². The van der Waals surface area contributed by atoms with Gasteiger partial charge in [0.2, 0.25) is 5.91 Å². The summed E-state index contributed by atoms with van der Waals surface area (Å²) in [5.41, 5.74) is 1.94. The molecule has 1 saturated heterocycles. The number of aryl methyl sites for hydroxylation is 1. The summed E-state index contributed by atoms with van der Waals surface area (Å²) in [7, 11) is 3.73. The van der Waals surface area contributed by atoms with Gasteiger partial charge in [0.05, 0.1) is 0 Å². The Morgan fingerprint density at radius 1 is 1.17 bits per heavy atom. The van der Waals surface area contributed by atoms with Gasteiger partial charge in [0.25, 0.3) is 0 Å². The first-order valence-electron chi connectivity index (χ1n) is 14.2. The lowest BCUT2D eigenvalue weighted by molar-refractivity contribution is -0.134. The number of carbonyl (C=O) groups excluding carboxylic acids is 1. The monoisotopic (exact) mass is 488 g/mol. The summed E-state index contributed by atoms with van der Waals surface area (Å²) in [4.78, 5) is 15.6. The number of piperidine rings is 1. The zero-order valence-electron chi connectivity index (χ0n) is 22.5. The molecule has 2 aliphatic rings. The molecule has 1 saturated carbocycles. The molecule has 4 nitrogen and oxygen atoms in total. The Balaban J connectivity index is 1.66. The maximum Gasteiger partial charge on any atom is 0.222 e. The van der Waals surface area contributed by atoms with E-state index in [1.165, 1.54) is 38.5 Å². The lowest BCUT2D eigenvalue weighted by atomic mass is 9.77. The maximum absolute atomic E-state index is 15.0. The topological polar surface area (TPSA) is 41.6 Å². The molecule has 3 atom stereocenters. The number of carbonyl (C=O) groups is 1. The number of amides is 1. The molecule has 5 heteroatoms. The van der Waals surface area contributed by atoms with Crippen LogP contribution in [0.5, 0.6) is 0 Å². The van der Waals surface area contributed by atoms with Gasteiger partial charge in [-0.05, 0) is 87.9 Å². The highest BCUT2D eigenvalue weighted by Gasteiger charge is 2.32. The molecule has 0 unspecified atom stereocenters. The van der Waals surface area contributed by atoms with Gasteiger partial charge in [-0.2, -0.15) is 0 Å². The van der Waals surface area contributed by atoms with Crippen LogP contribution in [0.2, 0.25) is 0 Å². The molecule has 198 valence electrons. The van der Waals surface area contributed by atoms with Crippen molar-refractivity contribution in [2.24, 2.45) is 17.8 Å². The number of nitrogens with one attached hydrogen (secondary N) is 1. The van der Waals surface area contributed by atoms with Crippen molar-refractivity contribution < 1.29 is 13.9 Å². The molecule has 1 aliphatic heterocycles. The average molecular weight is 489 g/mol. The normalized spacial score (nSPS) is 21.1. The molecular weight excluding hydrogens is 439 g/mol. The lowest BCUT2D eigenvalue weighted by Crippen LogP contribution is -2.43. The molecular formula is C30H49FN2O2. The van der Waals surface area contributed by atoms with Gasteiger partial charge in [-0.3, -0.25) is 4.79 Å². The van der Waals surface area contributed by atoms with E-state index >= 15 is 0 Å². The summed E-state index contributed by atoms with van der Waals surface area (Å²) < 4.78 is 20.2. The highest BCUT2D eigenvalue weighted by molar-refractivity contribution is 5.76. The molecule has 1 heterocycles. The van der Waals surface area contributed by atoms with Crippen molar-refractivity contribution in [1.29, 1.82) is 0 Å². The van der Waals surface area contributed by atoms with Crippen LogP contribution in [0.25, 0.3) is 0 Å². The van der Waals surface area contributed by atoms with Crippen LogP contribution >= 0.6 is 0 Å². The second kappa shape index (κ2) is 14.9. The molecule has 0 bridgehead atoms. The summed E-state index contributed by atoms with van der Waals surface area (Å²) >= 11 is 0. The fourth-order valence-electron chi connectivity index (χ4n) is 6.57. The third-order valence-electron chi connectivity index (χ3n) is 8.39. The van der Waals surface area contributed by atoms with E-state index in [0.717, 1.165) is 75.4 Å². The molecule has 1 amide bonds. The summed E-state index contributed by atoms with van der Waals surface area (Å²) in [6.45, 7) is 5.30. The first-order valence-corrected chi connectivity index (χ1v) is 14.2. The highest BCUT2D eigenvalue weighted by atomic mass is 19.1. The summed E-state index contributed by atoms with van der Waals surface area (Å²) in [5.74, 6) is 1.86. The van der Waals surface area contributed by atoms with Gasteiger partial charge in [-0.15, -0.1) is 0 Å². The van der Waals surface area contributed by atoms with Crippen LogP contribution in [-0.4, -0.2) is 51.2 Å². The Labute approximate surface area is 213 Å². The van der Waals surface area contributed by atoms with Crippen LogP contribution in [0, 0.1) is 30.5 Å². The number of unbranched alkanes of at least 4 members (excludes halogenated alkanes) is 1. The van der Waals surface area contributed by atoms with Crippen LogP contribution in [0.3, 0.4) is 0 Å². The smallest absolute Gasteiger partial charge is 0.222 e. The second-order valence-electron chi connectivity index (χ2n) is 11.2. The van der Waals surface area contributed by atoms with E-state index in [1.807, 2.05) is 26.1 Å². The molecule has 1 aliphatic carbocycles. The fourth-order valence-corrected chi connectivity index (χ4v) is 6.57. The first-order chi connectivity index (χ1) is 17.0. The van der Waals surface area contributed by atoms with E-state index in [0.29, 0.717) is 24.2 Å². The minimum atomic E-state index is -0.0997. The minimum absolute atomic E-state index is 0.0997. The molecule has 35 heavy (non-hydrogen) atoms. The van der Waals surface area contributed by atoms with Crippen LogP contribution in [0.4, 0.5) is 4.39 Å². The van der Waals surface area contributed by atoms with Crippen molar-refractivity contribution in [3.8, 4) is 0 Å². The maximum atomic E-state index is 15.0. The first kappa shape index (κ1) is 28.1. The van der Waals surface area contributed by atoms with Crippen LogP contribution in [0.15, 0.2) is 18.2 Å². The molecule has 1 aromatic rings. The summed E-state index contributed by atoms with van der Waals surface area (Å²) in [5, 5.41) is 3.34. The van der Waals surface area contributed by atoms with Gasteiger partial charge in [-0.1, -0.05) is 56.2 Å². The zero-order chi connectivity index (χ0) is 25.0. The van der Waals surface area contributed by atoms with E-state index in [-0.39, 0.29) is 11.7 Å². The Morgan fingerprint density at radius 2 is 1.97 bits per heavy atom. The fraction of sp³-hybridized carbons (Fsp3) is 0.767. The predicted molar refractivity (Wildman–Crippen MR) is 142 cm³/mol. The van der Waals surface area contributed by atoms with Gasteiger partial charge in [0, 0.05) is 33.2 Å². The third kappa shape index (κ3) is 8.86. The zero-order valence-corrected chi connectivity index (χ0v) is 22.5. The van der Waals surface area contributed by atoms with Crippen molar-refractivity contribution in [3.05, 3.63) is 35.1 Å². The van der Waals surface area contributed by atoms with Gasteiger partial charge in [0.1, 0.15) is 5.82 Å². The molecule has 2 fully saturated rings. The van der Waals surface area contributed by atoms with Gasteiger partial charge in [-0.25, -0.2) is 4.39 Å². The molecule has 1 aromatic carbocycles. The van der Waals surface area contributed by atoms with E-state index in [1.54, 1.807) is 13.2 Å². The van der Waals surface area contributed by atoms with E-state index < -0.39 is 0 Å². The van der Waals surface area contributed by atoms with Gasteiger partial charge < -0.3 is 15.0 Å². The summed E-state index contributed by atoms with van der Waals surface area (Å²) in [6, 6.07) is 5.50. The Bertz CT molecular complexity index is 765. The number of halogens is 1. The predicted octanol–water partition coefficient (Wildman–Crippen LogP) is 6.47. The quantitative estimate of drug-likeness (QED) is 0.324. The molecule has 0 spiro atoms. The van der Waals surface area contributed by atoms with E-state index in [4.69, 9.17) is 4.74 Å². The number of hydrogen-bond acceptors (Lipinski definition) is 3. The molecule has 3 rings (SSSR count). The van der Waals surface area contributed by atoms with Gasteiger partial charge in [0.15, 0.2) is 0 Å². The number of hydrogen-bond donors (Lipinski definition) is 1. The molecule has 0 aromatic heterocycles. The summed E-state index contributed by atoms with van der Waals surface area (Å²) in [6.07, 6.45) is 13.5. The number of benzene rings is 1. The number of likely N-dealkylation sites (tertiary alicyclic amines) is 1. The van der Waals surface area contributed by atoms with Gasteiger partial charge >= 0.3 is 0 Å². The van der Waals surface area contributed by atoms with Crippen LogP contribution in [0.1, 0.15) is 94.1 Å². The highest BCUT2D eigenvalue weighted by Crippen LogP contribution is 2.38. The van der Waals surface area contributed by atoms with Crippen molar-refractivity contribution in [2.45, 2.75) is 89.9 Å². The Kier molecular flexibility index (Phi) is 12.0. The third-order valence-corrected chi connectivity index (χ3v) is 8.39. The SMILES string of the molecule is CNC[C@@H](CC(=O)N1CCC[C@@H]([C@@H](CCCCOC)c2cc(C)ccc2F)C1)CC1CCCCC1. The van der Waals surface area contributed by atoms with E-state index in [2.05, 4.69) is 10.2 Å². The number of rotatable bonds is 13. The Hall–Kier alpha value is -1.46.